The first-order valence-corrected chi connectivity index (χ1v) is 6.10. The minimum absolute atomic E-state index is 0.0533. The van der Waals surface area contributed by atoms with Crippen molar-refractivity contribution < 1.29 is 19.8 Å². The van der Waals surface area contributed by atoms with Crippen LogP contribution in [-0.4, -0.2) is 45.7 Å². The molecule has 1 aliphatic rings. The fourth-order valence-corrected chi connectivity index (χ4v) is 2.11. The summed E-state index contributed by atoms with van der Waals surface area (Å²) >= 11 is 0. The van der Waals surface area contributed by atoms with Crippen molar-refractivity contribution in [3.05, 3.63) is 0 Å². The van der Waals surface area contributed by atoms with E-state index in [1.165, 1.54) is 11.8 Å². The van der Waals surface area contributed by atoms with Gasteiger partial charge in [-0.25, -0.2) is 4.79 Å². The molecule has 1 amide bonds. The summed E-state index contributed by atoms with van der Waals surface area (Å²) < 4.78 is 0. The van der Waals surface area contributed by atoms with Gasteiger partial charge in [0.25, 0.3) is 0 Å². The van der Waals surface area contributed by atoms with Crippen molar-refractivity contribution in [3.8, 4) is 0 Å². The first-order valence-electron chi connectivity index (χ1n) is 6.10. The number of hydrogen-bond donors (Lipinski definition) is 2. The number of aliphatic hydroxyl groups is 1. The lowest BCUT2D eigenvalue weighted by molar-refractivity contribution is -0.159. The number of rotatable bonds is 4. The molecule has 0 aromatic rings. The van der Waals surface area contributed by atoms with E-state index in [1.807, 2.05) is 0 Å². The molecule has 1 fully saturated rings. The van der Waals surface area contributed by atoms with Gasteiger partial charge in [0, 0.05) is 13.0 Å². The van der Waals surface area contributed by atoms with Gasteiger partial charge < -0.3 is 15.1 Å². The second kappa shape index (κ2) is 5.49. The number of amides is 1. The van der Waals surface area contributed by atoms with Crippen LogP contribution < -0.4 is 0 Å². The molecule has 98 valence electrons. The monoisotopic (exact) mass is 243 g/mol. The summed E-state index contributed by atoms with van der Waals surface area (Å²) in [7, 11) is 0. The molecule has 2 unspecified atom stereocenters. The Labute approximate surface area is 101 Å². The Balaban J connectivity index is 2.64. The van der Waals surface area contributed by atoms with E-state index in [1.54, 1.807) is 0 Å². The fourth-order valence-electron chi connectivity index (χ4n) is 2.11. The molecule has 0 radical (unpaired) electrons. The van der Waals surface area contributed by atoms with Gasteiger partial charge in [0.05, 0.1) is 6.54 Å². The van der Waals surface area contributed by atoms with Gasteiger partial charge in [0.1, 0.15) is 0 Å². The van der Waals surface area contributed by atoms with Gasteiger partial charge in [-0.2, -0.15) is 0 Å². The Morgan fingerprint density at radius 2 is 2.18 bits per heavy atom. The van der Waals surface area contributed by atoms with Crippen molar-refractivity contribution in [2.75, 3.05) is 13.1 Å². The van der Waals surface area contributed by atoms with Crippen LogP contribution in [0.25, 0.3) is 0 Å². The highest BCUT2D eigenvalue weighted by Gasteiger charge is 2.34. The van der Waals surface area contributed by atoms with E-state index < -0.39 is 11.6 Å². The molecule has 5 nitrogen and oxygen atoms in total. The Morgan fingerprint density at radius 1 is 1.53 bits per heavy atom. The van der Waals surface area contributed by atoms with Crippen molar-refractivity contribution in [1.29, 1.82) is 0 Å². The third-order valence-corrected chi connectivity index (χ3v) is 3.46. The van der Waals surface area contributed by atoms with Crippen LogP contribution in [0.15, 0.2) is 0 Å². The number of hydrogen-bond acceptors (Lipinski definition) is 3. The van der Waals surface area contributed by atoms with Gasteiger partial charge in [0.15, 0.2) is 5.60 Å². The quantitative estimate of drug-likeness (QED) is 0.767. The van der Waals surface area contributed by atoms with Gasteiger partial charge in [-0.15, -0.1) is 0 Å². The van der Waals surface area contributed by atoms with Gasteiger partial charge in [-0.1, -0.05) is 13.3 Å². The Kier molecular flexibility index (Phi) is 4.51. The Morgan fingerprint density at radius 3 is 2.71 bits per heavy atom. The number of carbonyl (C=O) groups excluding carboxylic acids is 1. The van der Waals surface area contributed by atoms with Crippen LogP contribution in [-0.2, 0) is 9.59 Å². The molecule has 0 bridgehead atoms. The second-order valence-corrected chi connectivity index (χ2v) is 5.00. The van der Waals surface area contributed by atoms with Crippen LogP contribution in [0, 0.1) is 5.92 Å². The normalized spacial score (nSPS) is 25.2. The number of β-amino-alcohol motifs (C(OH)–C–C–N with tert-alkyl or cyclic N) is 1. The first kappa shape index (κ1) is 14.0. The molecule has 2 atom stereocenters. The lowest BCUT2D eigenvalue weighted by Crippen LogP contribution is -2.48. The van der Waals surface area contributed by atoms with Crippen LogP contribution in [0.3, 0.4) is 0 Å². The SMILES string of the molecule is CCC1CCC(=O)N(CC(C)(O)C(=O)O)CC1. The standard InChI is InChI=1S/C12H21NO4/c1-3-9-4-5-10(14)13(7-6-9)8-12(2,17)11(15)16/h9,17H,3-8H2,1-2H3,(H,15,16). The lowest BCUT2D eigenvalue weighted by atomic mass is 9.98. The van der Waals surface area contributed by atoms with Crippen LogP contribution >= 0.6 is 0 Å². The summed E-state index contributed by atoms with van der Waals surface area (Å²) in [6.45, 7) is 3.74. The molecule has 0 saturated carbocycles. The molecule has 17 heavy (non-hydrogen) atoms. The predicted molar refractivity (Wildman–Crippen MR) is 62.5 cm³/mol. The maximum atomic E-state index is 11.8. The summed E-state index contributed by atoms with van der Waals surface area (Å²) in [5.41, 5.74) is -1.86. The van der Waals surface area contributed by atoms with Crippen LogP contribution in [0.4, 0.5) is 0 Å². The third-order valence-electron chi connectivity index (χ3n) is 3.46. The fraction of sp³-hybridized carbons (Fsp3) is 0.833. The Bertz CT molecular complexity index is 301. The number of carboxylic acids is 1. The van der Waals surface area contributed by atoms with E-state index >= 15 is 0 Å². The van der Waals surface area contributed by atoms with Crippen molar-refractivity contribution >= 4 is 11.9 Å². The molecular formula is C12H21NO4. The summed E-state index contributed by atoms with van der Waals surface area (Å²) in [4.78, 5) is 24.1. The van der Waals surface area contributed by atoms with E-state index in [9.17, 15) is 14.7 Å². The zero-order chi connectivity index (χ0) is 13.1. The minimum atomic E-state index is -1.86. The molecule has 5 heteroatoms. The predicted octanol–water partition coefficient (Wildman–Crippen LogP) is 0.861. The molecule has 1 rings (SSSR count). The van der Waals surface area contributed by atoms with Gasteiger partial charge >= 0.3 is 5.97 Å². The van der Waals surface area contributed by atoms with Crippen molar-refractivity contribution in [2.45, 2.75) is 45.1 Å². The molecule has 0 aliphatic carbocycles. The maximum Gasteiger partial charge on any atom is 0.337 e. The lowest BCUT2D eigenvalue weighted by Gasteiger charge is -2.28. The highest BCUT2D eigenvalue weighted by molar-refractivity contribution is 5.80. The van der Waals surface area contributed by atoms with Crippen LogP contribution in [0.1, 0.15) is 39.5 Å². The van der Waals surface area contributed by atoms with Gasteiger partial charge in [-0.3, -0.25) is 4.79 Å². The number of carboxylic acid groups (broad SMARTS) is 1. The van der Waals surface area contributed by atoms with Gasteiger partial charge in [0.2, 0.25) is 5.91 Å². The molecule has 2 N–H and O–H groups in total. The molecule has 0 aromatic carbocycles. The van der Waals surface area contributed by atoms with Crippen molar-refractivity contribution in [1.82, 2.24) is 4.90 Å². The molecular weight excluding hydrogens is 222 g/mol. The van der Waals surface area contributed by atoms with Gasteiger partial charge in [-0.05, 0) is 25.7 Å². The smallest absolute Gasteiger partial charge is 0.337 e. The van der Waals surface area contributed by atoms with E-state index in [0.717, 1.165) is 19.3 Å². The van der Waals surface area contributed by atoms with E-state index in [4.69, 9.17) is 5.11 Å². The number of nitrogens with zero attached hydrogens (tertiary/aromatic N) is 1. The summed E-state index contributed by atoms with van der Waals surface area (Å²) in [5.74, 6) is -0.817. The van der Waals surface area contributed by atoms with Crippen LogP contribution in [0.2, 0.25) is 0 Å². The topological polar surface area (TPSA) is 77.8 Å². The second-order valence-electron chi connectivity index (χ2n) is 5.00. The van der Waals surface area contributed by atoms with Crippen molar-refractivity contribution in [2.24, 2.45) is 5.92 Å². The molecule has 1 saturated heterocycles. The largest absolute Gasteiger partial charge is 0.479 e. The summed E-state index contributed by atoms with van der Waals surface area (Å²) in [5, 5.41) is 18.5. The molecule has 0 spiro atoms. The maximum absolute atomic E-state index is 11.8. The Hall–Kier alpha value is -1.10. The minimum Gasteiger partial charge on any atom is -0.479 e. The molecule has 1 heterocycles. The van der Waals surface area contributed by atoms with E-state index in [2.05, 4.69) is 6.92 Å². The summed E-state index contributed by atoms with van der Waals surface area (Å²) in [6.07, 6.45) is 3.24. The van der Waals surface area contributed by atoms with E-state index in [-0.39, 0.29) is 12.5 Å². The number of carbonyl (C=O) groups is 2. The first-order chi connectivity index (χ1) is 7.86. The van der Waals surface area contributed by atoms with Crippen molar-refractivity contribution in [3.63, 3.8) is 0 Å². The van der Waals surface area contributed by atoms with E-state index in [0.29, 0.717) is 18.9 Å². The average Bonchev–Trinajstić information content (AvgIpc) is 2.42. The molecule has 0 aromatic heterocycles. The number of aliphatic carboxylic acids is 1. The highest BCUT2D eigenvalue weighted by Crippen LogP contribution is 2.22. The third kappa shape index (κ3) is 3.70. The zero-order valence-electron chi connectivity index (χ0n) is 10.5. The van der Waals surface area contributed by atoms with Crippen LogP contribution in [0.5, 0.6) is 0 Å². The zero-order valence-corrected chi connectivity index (χ0v) is 10.5. The summed E-state index contributed by atoms with van der Waals surface area (Å²) in [6, 6.07) is 0. The average molecular weight is 243 g/mol. The highest BCUT2D eigenvalue weighted by atomic mass is 16.4. The molecule has 1 aliphatic heterocycles. The number of likely N-dealkylation sites (tertiary alicyclic amines) is 1.